The Morgan fingerprint density at radius 2 is 2.32 bits per heavy atom. The maximum Gasteiger partial charge on any atom is 0.225 e. The van der Waals surface area contributed by atoms with Crippen molar-refractivity contribution < 1.29 is 0 Å². The van der Waals surface area contributed by atoms with Gasteiger partial charge in [0.15, 0.2) is 11.6 Å². The molecule has 144 valence electrons. The van der Waals surface area contributed by atoms with Crippen molar-refractivity contribution in [1.29, 1.82) is 5.26 Å². The second-order valence-electron chi connectivity index (χ2n) is 7.59. The third-order valence-corrected chi connectivity index (χ3v) is 6.58. The highest BCUT2D eigenvalue weighted by molar-refractivity contribution is 7.17. The Bertz CT molecular complexity index is 1030. The maximum absolute atomic E-state index is 8.80. The first kappa shape index (κ1) is 17.4. The predicted octanol–water partition coefficient (Wildman–Crippen LogP) is 3.11. The van der Waals surface area contributed by atoms with Gasteiger partial charge >= 0.3 is 0 Å². The Hall–Kier alpha value is -2.70. The molecule has 0 radical (unpaired) electrons. The molecule has 28 heavy (non-hydrogen) atoms. The molecule has 8 nitrogen and oxygen atoms in total. The molecule has 0 aromatic carbocycles. The molecule has 0 amide bonds. The summed E-state index contributed by atoms with van der Waals surface area (Å²) in [4.78, 5) is 11.9. The van der Waals surface area contributed by atoms with Crippen LogP contribution in [0.1, 0.15) is 18.5 Å². The SMILES string of the molecule is Cc1cc(Nc2nc(N[C@@H]3[C@@H]4CN(CCC#N)CC[C@@H]43)nc3ccsc23)n[nH]1. The second-order valence-corrected chi connectivity index (χ2v) is 8.50. The maximum atomic E-state index is 8.80. The number of nitriles is 1. The van der Waals surface area contributed by atoms with Gasteiger partial charge in [-0.05, 0) is 43.2 Å². The van der Waals surface area contributed by atoms with E-state index in [1.54, 1.807) is 11.3 Å². The average molecular weight is 395 g/mol. The molecule has 0 bridgehead atoms. The average Bonchev–Trinajstić information content (AvgIpc) is 3.01. The lowest BCUT2D eigenvalue weighted by Crippen LogP contribution is -2.32. The van der Waals surface area contributed by atoms with Crippen LogP contribution in [0.25, 0.3) is 10.2 Å². The third-order valence-electron chi connectivity index (χ3n) is 5.67. The Labute approximate surface area is 167 Å². The molecule has 1 aliphatic carbocycles. The second kappa shape index (κ2) is 7.04. The topological polar surface area (TPSA) is 106 Å². The first-order valence-electron chi connectivity index (χ1n) is 9.61. The fraction of sp³-hybridized carbons (Fsp3) is 0.474. The lowest BCUT2D eigenvalue weighted by atomic mass is 10.1. The van der Waals surface area contributed by atoms with E-state index in [4.69, 9.17) is 15.2 Å². The minimum absolute atomic E-state index is 0.420. The number of thiophene rings is 1. The van der Waals surface area contributed by atoms with Crippen molar-refractivity contribution in [2.24, 2.45) is 11.8 Å². The number of hydrogen-bond acceptors (Lipinski definition) is 8. The largest absolute Gasteiger partial charge is 0.351 e. The fourth-order valence-corrected chi connectivity index (χ4v) is 4.97. The summed E-state index contributed by atoms with van der Waals surface area (Å²) in [5.74, 6) is 3.52. The number of fused-ring (bicyclic) bond motifs is 2. The van der Waals surface area contributed by atoms with E-state index in [-0.39, 0.29) is 0 Å². The number of H-pyrrole nitrogens is 1. The highest BCUT2D eigenvalue weighted by atomic mass is 32.1. The van der Waals surface area contributed by atoms with E-state index in [1.807, 2.05) is 24.4 Å². The summed E-state index contributed by atoms with van der Waals surface area (Å²) in [6.45, 7) is 4.99. The first-order chi connectivity index (χ1) is 13.7. The van der Waals surface area contributed by atoms with E-state index in [2.05, 4.69) is 31.8 Å². The van der Waals surface area contributed by atoms with Gasteiger partial charge in [-0.3, -0.25) is 5.10 Å². The number of nitrogens with one attached hydrogen (secondary N) is 3. The number of hydrogen-bond donors (Lipinski definition) is 3. The highest BCUT2D eigenvalue weighted by Crippen LogP contribution is 2.47. The number of rotatable bonds is 6. The van der Waals surface area contributed by atoms with Crippen LogP contribution in [0.5, 0.6) is 0 Å². The van der Waals surface area contributed by atoms with Crippen molar-refractivity contribution in [3.63, 3.8) is 0 Å². The molecule has 0 unspecified atom stereocenters. The highest BCUT2D eigenvalue weighted by Gasteiger charge is 2.52. The van der Waals surface area contributed by atoms with Crippen molar-refractivity contribution in [3.05, 3.63) is 23.2 Å². The van der Waals surface area contributed by atoms with Gasteiger partial charge in [0.1, 0.15) is 0 Å². The van der Waals surface area contributed by atoms with Crippen molar-refractivity contribution in [3.8, 4) is 6.07 Å². The molecule has 3 N–H and O–H groups in total. The van der Waals surface area contributed by atoms with Gasteiger partial charge in [0.25, 0.3) is 0 Å². The number of piperidine rings is 1. The number of likely N-dealkylation sites (tertiary alicyclic amines) is 1. The summed E-state index contributed by atoms with van der Waals surface area (Å²) in [6, 6.07) is 6.65. The molecular formula is C19H22N8S. The van der Waals surface area contributed by atoms with Crippen LogP contribution in [0.2, 0.25) is 0 Å². The summed E-state index contributed by atoms with van der Waals surface area (Å²) in [6.07, 6.45) is 1.78. The van der Waals surface area contributed by atoms with Crippen LogP contribution >= 0.6 is 11.3 Å². The molecule has 2 fully saturated rings. The van der Waals surface area contributed by atoms with Gasteiger partial charge < -0.3 is 15.5 Å². The smallest absolute Gasteiger partial charge is 0.225 e. The van der Waals surface area contributed by atoms with Gasteiger partial charge in [-0.25, -0.2) is 4.98 Å². The molecule has 0 spiro atoms. The summed E-state index contributed by atoms with van der Waals surface area (Å²) >= 11 is 1.62. The molecule has 9 heteroatoms. The number of aromatic nitrogens is 4. The van der Waals surface area contributed by atoms with Crippen LogP contribution in [0.3, 0.4) is 0 Å². The minimum Gasteiger partial charge on any atom is -0.351 e. The van der Waals surface area contributed by atoms with E-state index < -0.39 is 0 Å². The molecule has 2 aliphatic rings. The molecular weight excluding hydrogens is 372 g/mol. The Morgan fingerprint density at radius 1 is 1.39 bits per heavy atom. The quantitative estimate of drug-likeness (QED) is 0.590. The van der Waals surface area contributed by atoms with E-state index in [0.717, 1.165) is 47.2 Å². The van der Waals surface area contributed by atoms with E-state index >= 15 is 0 Å². The standard InChI is InChI=1S/C19H22N8S/c1-11-9-15(26-25-11)22-18-17-14(4-8-28-17)21-19(24-18)23-16-12-3-7-27(6-2-5-20)10-13(12)16/h4,8-9,12-13,16H,2-3,6-7,10H2,1H3,(H3,21,22,23,24,25,26)/t12-,13+,16-/m0/s1. The van der Waals surface area contributed by atoms with Gasteiger partial charge in [-0.15, -0.1) is 11.3 Å². The Balaban J connectivity index is 1.32. The zero-order valence-electron chi connectivity index (χ0n) is 15.6. The molecule has 4 heterocycles. The van der Waals surface area contributed by atoms with Crippen molar-refractivity contribution in [1.82, 2.24) is 25.1 Å². The molecule has 1 aliphatic heterocycles. The zero-order valence-corrected chi connectivity index (χ0v) is 16.5. The monoisotopic (exact) mass is 394 g/mol. The lowest BCUT2D eigenvalue weighted by molar-refractivity contribution is 0.224. The van der Waals surface area contributed by atoms with E-state index in [1.165, 1.54) is 6.42 Å². The minimum atomic E-state index is 0.420. The van der Waals surface area contributed by atoms with Gasteiger partial charge in [0.05, 0.1) is 16.3 Å². The summed E-state index contributed by atoms with van der Waals surface area (Å²) in [5.41, 5.74) is 1.94. The lowest BCUT2D eigenvalue weighted by Gasteiger charge is -2.24. The van der Waals surface area contributed by atoms with Crippen molar-refractivity contribution >= 4 is 39.1 Å². The van der Waals surface area contributed by atoms with Crippen LogP contribution in [0.4, 0.5) is 17.6 Å². The Kier molecular flexibility index (Phi) is 4.37. The van der Waals surface area contributed by atoms with Gasteiger partial charge in [-0.1, -0.05) is 0 Å². The summed E-state index contributed by atoms with van der Waals surface area (Å²) < 4.78 is 1.03. The van der Waals surface area contributed by atoms with Crippen LogP contribution < -0.4 is 10.6 Å². The van der Waals surface area contributed by atoms with Crippen LogP contribution in [0, 0.1) is 30.1 Å². The fourth-order valence-electron chi connectivity index (χ4n) is 4.20. The predicted molar refractivity (Wildman–Crippen MR) is 110 cm³/mol. The molecule has 1 saturated heterocycles. The number of anilines is 3. The van der Waals surface area contributed by atoms with Crippen LogP contribution in [-0.4, -0.2) is 50.7 Å². The zero-order chi connectivity index (χ0) is 19.1. The molecule has 5 rings (SSSR count). The molecule has 1 saturated carbocycles. The van der Waals surface area contributed by atoms with Crippen LogP contribution in [-0.2, 0) is 0 Å². The molecule has 3 atom stereocenters. The Morgan fingerprint density at radius 3 is 3.14 bits per heavy atom. The van der Waals surface area contributed by atoms with Gasteiger partial charge in [0, 0.05) is 37.3 Å². The molecule has 3 aromatic heterocycles. The molecule has 3 aromatic rings. The van der Waals surface area contributed by atoms with E-state index in [0.29, 0.717) is 30.2 Å². The van der Waals surface area contributed by atoms with Gasteiger partial charge in [0.2, 0.25) is 5.95 Å². The normalized spacial score (nSPS) is 23.9. The van der Waals surface area contributed by atoms with E-state index in [9.17, 15) is 0 Å². The first-order valence-corrected chi connectivity index (χ1v) is 10.5. The number of nitrogens with zero attached hydrogens (tertiary/aromatic N) is 5. The summed E-state index contributed by atoms with van der Waals surface area (Å²) in [7, 11) is 0. The van der Waals surface area contributed by atoms with Gasteiger partial charge in [-0.2, -0.15) is 15.3 Å². The number of aromatic amines is 1. The third kappa shape index (κ3) is 3.30. The number of aryl methyl sites for hydroxylation is 1. The van der Waals surface area contributed by atoms with Crippen molar-refractivity contribution in [2.45, 2.75) is 25.8 Å². The van der Waals surface area contributed by atoms with Crippen LogP contribution in [0.15, 0.2) is 17.5 Å². The summed E-state index contributed by atoms with van der Waals surface area (Å²) in [5, 5.41) is 24.9. The van der Waals surface area contributed by atoms with Crippen molar-refractivity contribution in [2.75, 3.05) is 30.3 Å².